The molecule has 0 bridgehead atoms. The fourth-order valence-corrected chi connectivity index (χ4v) is 4.05. The standard InChI is InChI=1S/C29H35N3O5/c1-28(2,3)30-27(34)37-25-16-24(17-25)35-22-11-6-19(7-12-22)29(4,5)20-8-13-23(14-9-20)36-26-15-10-21(18-33)31-32-26/h6-15,24-25,33H,16-18H2,1-5H3,(H,30,34). The quantitative estimate of drug-likeness (QED) is 0.415. The van der Waals surface area contributed by atoms with Crippen LogP contribution in [0.25, 0.3) is 0 Å². The van der Waals surface area contributed by atoms with Crippen LogP contribution in [-0.2, 0) is 16.8 Å². The van der Waals surface area contributed by atoms with Crippen LogP contribution in [0.2, 0.25) is 0 Å². The average molecular weight is 506 g/mol. The Balaban J connectivity index is 1.30. The van der Waals surface area contributed by atoms with Gasteiger partial charge in [-0.25, -0.2) is 4.79 Å². The number of hydrogen-bond donors (Lipinski definition) is 2. The Bertz CT molecular complexity index is 1180. The lowest BCUT2D eigenvalue weighted by molar-refractivity contribution is -0.0243. The zero-order chi connectivity index (χ0) is 26.6. The Kier molecular flexibility index (Phi) is 7.68. The molecular formula is C29H35N3O5. The van der Waals surface area contributed by atoms with E-state index in [1.54, 1.807) is 12.1 Å². The highest BCUT2D eigenvalue weighted by Gasteiger charge is 2.34. The van der Waals surface area contributed by atoms with Crippen LogP contribution in [0.3, 0.4) is 0 Å². The third kappa shape index (κ3) is 6.98. The first-order valence-electron chi connectivity index (χ1n) is 12.5. The predicted octanol–water partition coefficient (Wildman–Crippen LogP) is 5.52. The van der Waals surface area contributed by atoms with Crippen LogP contribution >= 0.6 is 0 Å². The van der Waals surface area contributed by atoms with Crippen molar-refractivity contribution in [1.29, 1.82) is 0 Å². The number of benzene rings is 2. The van der Waals surface area contributed by atoms with E-state index < -0.39 is 0 Å². The molecule has 1 aromatic heterocycles. The van der Waals surface area contributed by atoms with E-state index in [1.165, 1.54) is 0 Å². The van der Waals surface area contributed by atoms with Gasteiger partial charge in [0.25, 0.3) is 0 Å². The summed E-state index contributed by atoms with van der Waals surface area (Å²) in [6.45, 7) is 9.96. The molecule has 0 saturated heterocycles. The number of carbonyl (C=O) groups is 1. The Labute approximate surface area is 218 Å². The molecule has 196 valence electrons. The second-order valence-corrected chi connectivity index (χ2v) is 10.9. The number of nitrogens with one attached hydrogen (secondary N) is 1. The summed E-state index contributed by atoms with van der Waals surface area (Å²) in [5.41, 5.74) is 2.25. The van der Waals surface area contributed by atoms with Gasteiger partial charge in [-0.1, -0.05) is 38.1 Å². The topological polar surface area (TPSA) is 103 Å². The summed E-state index contributed by atoms with van der Waals surface area (Å²) in [5.74, 6) is 1.84. The van der Waals surface area contributed by atoms with Gasteiger partial charge in [0.2, 0.25) is 5.88 Å². The fourth-order valence-electron chi connectivity index (χ4n) is 4.05. The van der Waals surface area contributed by atoms with Crippen molar-refractivity contribution in [2.45, 2.75) is 77.2 Å². The van der Waals surface area contributed by atoms with Crippen LogP contribution < -0.4 is 14.8 Å². The molecule has 2 N–H and O–H groups in total. The van der Waals surface area contributed by atoms with Crippen molar-refractivity contribution in [2.24, 2.45) is 0 Å². The number of alkyl carbamates (subject to hydrolysis) is 1. The number of rotatable bonds is 8. The monoisotopic (exact) mass is 505 g/mol. The van der Waals surface area contributed by atoms with Crippen molar-refractivity contribution in [3.63, 3.8) is 0 Å². The number of ether oxygens (including phenoxy) is 3. The minimum atomic E-state index is -0.382. The van der Waals surface area contributed by atoms with Crippen LogP contribution in [0.5, 0.6) is 17.4 Å². The molecule has 37 heavy (non-hydrogen) atoms. The minimum Gasteiger partial charge on any atom is -0.490 e. The highest BCUT2D eigenvalue weighted by atomic mass is 16.6. The van der Waals surface area contributed by atoms with Gasteiger partial charge in [-0.15, -0.1) is 10.2 Å². The molecule has 0 radical (unpaired) electrons. The van der Waals surface area contributed by atoms with Crippen molar-refractivity contribution in [1.82, 2.24) is 15.5 Å². The summed E-state index contributed by atoms with van der Waals surface area (Å²) in [4.78, 5) is 11.9. The second-order valence-electron chi connectivity index (χ2n) is 10.9. The number of aliphatic hydroxyl groups is 1. The molecule has 8 heteroatoms. The van der Waals surface area contributed by atoms with E-state index in [2.05, 4.69) is 41.5 Å². The molecule has 4 rings (SSSR count). The number of amides is 1. The molecule has 1 aliphatic rings. The van der Waals surface area contributed by atoms with E-state index in [4.69, 9.17) is 19.3 Å². The zero-order valence-corrected chi connectivity index (χ0v) is 22.0. The minimum absolute atomic E-state index is 0.0448. The number of nitrogens with zero attached hydrogens (tertiary/aromatic N) is 2. The van der Waals surface area contributed by atoms with Gasteiger partial charge in [0.05, 0.1) is 12.3 Å². The Hall–Kier alpha value is -3.65. The number of aliphatic hydroxyl groups excluding tert-OH is 1. The van der Waals surface area contributed by atoms with Gasteiger partial charge < -0.3 is 24.6 Å². The predicted molar refractivity (Wildman–Crippen MR) is 140 cm³/mol. The molecule has 8 nitrogen and oxygen atoms in total. The average Bonchev–Trinajstić information content (AvgIpc) is 2.83. The molecule has 2 aromatic carbocycles. The highest BCUT2D eigenvalue weighted by molar-refractivity contribution is 5.68. The maximum atomic E-state index is 11.9. The molecule has 0 aliphatic heterocycles. The Morgan fingerprint density at radius 2 is 1.46 bits per heavy atom. The van der Waals surface area contributed by atoms with Gasteiger partial charge in [-0.05, 0) is 62.2 Å². The lowest BCUT2D eigenvalue weighted by Gasteiger charge is -2.35. The van der Waals surface area contributed by atoms with Gasteiger partial charge in [-0.3, -0.25) is 0 Å². The Morgan fingerprint density at radius 3 is 1.97 bits per heavy atom. The molecular weight excluding hydrogens is 470 g/mol. The highest BCUT2D eigenvalue weighted by Crippen LogP contribution is 2.35. The maximum Gasteiger partial charge on any atom is 0.407 e. The Morgan fingerprint density at radius 1 is 0.865 bits per heavy atom. The van der Waals surface area contributed by atoms with E-state index >= 15 is 0 Å². The van der Waals surface area contributed by atoms with Gasteiger partial charge in [0, 0.05) is 29.9 Å². The summed E-state index contributed by atoms with van der Waals surface area (Å²) >= 11 is 0. The molecule has 1 saturated carbocycles. The molecule has 3 aromatic rings. The third-order valence-corrected chi connectivity index (χ3v) is 6.34. The maximum absolute atomic E-state index is 11.9. The smallest absolute Gasteiger partial charge is 0.407 e. The van der Waals surface area contributed by atoms with Gasteiger partial charge in [0.15, 0.2) is 0 Å². The van der Waals surface area contributed by atoms with Crippen molar-refractivity contribution in [3.8, 4) is 17.4 Å². The van der Waals surface area contributed by atoms with Crippen molar-refractivity contribution in [2.75, 3.05) is 0 Å². The number of aromatic nitrogens is 2. The second kappa shape index (κ2) is 10.8. The number of carbonyl (C=O) groups excluding carboxylic acids is 1. The van der Waals surface area contributed by atoms with Crippen LogP contribution in [0, 0.1) is 0 Å². The van der Waals surface area contributed by atoms with Gasteiger partial charge in [-0.2, -0.15) is 0 Å². The van der Waals surface area contributed by atoms with E-state index in [0.29, 0.717) is 30.2 Å². The lowest BCUT2D eigenvalue weighted by Crippen LogP contribution is -2.46. The molecule has 0 atom stereocenters. The van der Waals surface area contributed by atoms with Crippen molar-refractivity contribution < 1.29 is 24.1 Å². The summed E-state index contributed by atoms with van der Waals surface area (Å²) in [6.07, 6.45) is 0.938. The fraction of sp³-hybridized carbons (Fsp3) is 0.414. The lowest BCUT2D eigenvalue weighted by atomic mass is 9.78. The van der Waals surface area contributed by atoms with E-state index in [0.717, 1.165) is 16.9 Å². The molecule has 0 spiro atoms. The number of hydrogen-bond acceptors (Lipinski definition) is 7. The summed E-state index contributed by atoms with van der Waals surface area (Å²) in [6, 6.07) is 19.4. The van der Waals surface area contributed by atoms with Gasteiger partial charge >= 0.3 is 6.09 Å². The van der Waals surface area contributed by atoms with E-state index in [9.17, 15) is 4.79 Å². The van der Waals surface area contributed by atoms with Crippen molar-refractivity contribution in [3.05, 3.63) is 77.5 Å². The van der Waals surface area contributed by atoms with E-state index in [1.807, 2.05) is 57.2 Å². The molecule has 1 amide bonds. The summed E-state index contributed by atoms with van der Waals surface area (Å²) in [5, 5.41) is 19.8. The normalized spacial score (nSPS) is 17.5. The van der Waals surface area contributed by atoms with Gasteiger partial charge in [0.1, 0.15) is 23.7 Å². The molecule has 0 unspecified atom stereocenters. The molecule has 1 fully saturated rings. The third-order valence-electron chi connectivity index (χ3n) is 6.34. The van der Waals surface area contributed by atoms with E-state index in [-0.39, 0.29) is 35.9 Å². The first-order chi connectivity index (χ1) is 17.5. The van der Waals surface area contributed by atoms with Crippen LogP contribution in [0.4, 0.5) is 4.79 Å². The molecule has 1 heterocycles. The van der Waals surface area contributed by atoms with Crippen molar-refractivity contribution >= 4 is 6.09 Å². The van der Waals surface area contributed by atoms with Crippen LogP contribution in [0.1, 0.15) is 64.3 Å². The summed E-state index contributed by atoms with van der Waals surface area (Å²) in [7, 11) is 0. The first-order valence-corrected chi connectivity index (χ1v) is 12.5. The SMILES string of the molecule is CC(C)(C)NC(=O)OC1CC(Oc2ccc(C(C)(C)c3ccc(Oc4ccc(CO)nn4)cc3)cc2)C1. The molecule has 1 aliphatic carbocycles. The first kappa shape index (κ1) is 26.4. The van der Waals surface area contributed by atoms with Crippen LogP contribution in [-0.4, -0.2) is 39.1 Å². The van der Waals surface area contributed by atoms with Crippen LogP contribution in [0.15, 0.2) is 60.7 Å². The zero-order valence-electron chi connectivity index (χ0n) is 22.0. The largest absolute Gasteiger partial charge is 0.490 e. The summed E-state index contributed by atoms with van der Waals surface area (Å²) < 4.78 is 17.3.